The van der Waals surface area contributed by atoms with Crippen LogP contribution in [0.5, 0.6) is 0 Å². The molecule has 0 fully saturated rings. The molecule has 4 aromatic carbocycles. The van der Waals surface area contributed by atoms with Gasteiger partial charge in [-0.05, 0) is 80.8 Å². The van der Waals surface area contributed by atoms with E-state index in [0.29, 0.717) is 0 Å². The molecular weight excluding hydrogens is 512 g/mol. The van der Waals surface area contributed by atoms with Gasteiger partial charge in [-0.15, -0.1) is 0 Å². The van der Waals surface area contributed by atoms with Crippen molar-refractivity contribution in [2.45, 2.75) is 0 Å². The number of aromatic nitrogens is 3. The summed E-state index contributed by atoms with van der Waals surface area (Å²) < 4.78 is 0. The van der Waals surface area contributed by atoms with Crippen LogP contribution in [0.1, 0.15) is 5.69 Å². The number of benzene rings is 4. The highest BCUT2D eigenvalue weighted by Gasteiger charge is 2.13. The lowest BCUT2D eigenvalue weighted by molar-refractivity contribution is 0.974. The van der Waals surface area contributed by atoms with Crippen molar-refractivity contribution in [2.75, 3.05) is 6.54 Å². The molecule has 198 valence electrons. The van der Waals surface area contributed by atoms with E-state index in [1.165, 1.54) is 32.3 Å². The van der Waals surface area contributed by atoms with Crippen LogP contribution in [0.25, 0.3) is 71.7 Å². The first kappa shape index (κ1) is 24.2. The highest BCUT2D eigenvalue weighted by Crippen LogP contribution is 2.38. The van der Waals surface area contributed by atoms with E-state index in [1.807, 2.05) is 30.6 Å². The number of pyridine rings is 3. The molecular formula is C38H26N4. The number of nitrogens with zero attached hydrogens (tertiary/aromatic N) is 3. The standard InChI is InChI=1S/C38H26N4/c1-2-10-30-29(9-1)33-21-25(35-11-3-13-37(41-35)27-7-5-19-39-23-27)15-17-31(33)32-18-16-26(22-34(30)32)36-12-4-14-38(42-36)28-8-6-20-40-24-28/h1-19,21-24,40H,20H2. The van der Waals surface area contributed by atoms with Crippen LogP contribution in [0.3, 0.4) is 0 Å². The van der Waals surface area contributed by atoms with Crippen LogP contribution in [-0.2, 0) is 0 Å². The van der Waals surface area contributed by atoms with Crippen LogP contribution in [0.2, 0.25) is 0 Å². The highest BCUT2D eigenvalue weighted by molar-refractivity contribution is 6.26. The minimum absolute atomic E-state index is 0.852. The van der Waals surface area contributed by atoms with Crippen LogP contribution < -0.4 is 5.32 Å². The SMILES string of the molecule is C1=CC(c2cccc(-c3ccc4c5ccc(-c6cccc(-c7cccnc7)n6)cc5c5ccccc5c4c3)n2)=CNC1. The Morgan fingerprint density at radius 1 is 0.500 bits per heavy atom. The van der Waals surface area contributed by atoms with E-state index in [-0.39, 0.29) is 0 Å². The van der Waals surface area contributed by atoms with Crippen molar-refractivity contribution in [2.24, 2.45) is 0 Å². The average molecular weight is 539 g/mol. The summed E-state index contributed by atoms with van der Waals surface area (Å²) in [5, 5.41) is 10.7. The van der Waals surface area contributed by atoms with Gasteiger partial charge in [-0.2, -0.15) is 0 Å². The Bertz CT molecular complexity index is 2180. The highest BCUT2D eigenvalue weighted by atomic mass is 14.8. The fraction of sp³-hybridized carbons (Fsp3) is 0.0263. The van der Waals surface area contributed by atoms with Gasteiger partial charge in [0.2, 0.25) is 0 Å². The van der Waals surface area contributed by atoms with Gasteiger partial charge in [0.05, 0.1) is 22.8 Å². The Kier molecular flexibility index (Phi) is 5.82. The van der Waals surface area contributed by atoms with E-state index in [2.05, 4.69) is 113 Å². The van der Waals surface area contributed by atoms with Crippen molar-refractivity contribution in [3.63, 3.8) is 0 Å². The van der Waals surface area contributed by atoms with Gasteiger partial charge < -0.3 is 5.32 Å². The molecule has 1 N–H and O–H groups in total. The number of rotatable bonds is 4. The van der Waals surface area contributed by atoms with Crippen LogP contribution in [0, 0.1) is 0 Å². The summed E-state index contributed by atoms with van der Waals surface area (Å²) >= 11 is 0. The quantitative estimate of drug-likeness (QED) is 0.228. The molecule has 4 nitrogen and oxygen atoms in total. The molecule has 8 rings (SSSR count). The van der Waals surface area contributed by atoms with Crippen molar-refractivity contribution in [3.05, 3.63) is 146 Å². The zero-order chi connectivity index (χ0) is 27.9. The first-order valence-electron chi connectivity index (χ1n) is 14.2. The summed E-state index contributed by atoms with van der Waals surface area (Å²) in [6, 6.07) is 38.5. The van der Waals surface area contributed by atoms with Crippen LogP contribution in [0.15, 0.2) is 140 Å². The van der Waals surface area contributed by atoms with Gasteiger partial charge in [0.1, 0.15) is 0 Å². The molecule has 0 bridgehead atoms. The predicted octanol–water partition coefficient (Wildman–Crippen LogP) is 8.83. The topological polar surface area (TPSA) is 50.7 Å². The molecule has 1 aliphatic rings. The molecule has 4 heterocycles. The van der Waals surface area contributed by atoms with Gasteiger partial charge in [-0.1, -0.05) is 72.8 Å². The maximum absolute atomic E-state index is 5.02. The average Bonchev–Trinajstić information content (AvgIpc) is 3.09. The summed E-state index contributed by atoms with van der Waals surface area (Å²) in [4.78, 5) is 14.3. The Labute approximate surface area is 243 Å². The third kappa shape index (κ3) is 4.21. The minimum atomic E-state index is 0.852. The molecule has 4 heteroatoms. The molecule has 0 saturated heterocycles. The van der Waals surface area contributed by atoms with Gasteiger partial charge >= 0.3 is 0 Å². The van der Waals surface area contributed by atoms with Gasteiger partial charge in [-0.3, -0.25) is 4.98 Å². The van der Waals surface area contributed by atoms with Crippen molar-refractivity contribution < 1.29 is 0 Å². The van der Waals surface area contributed by atoms with Gasteiger partial charge in [-0.25, -0.2) is 9.97 Å². The molecule has 0 saturated carbocycles. The normalized spacial score (nSPS) is 12.9. The second-order valence-electron chi connectivity index (χ2n) is 10.5. The number of fused-ring (bicyclic) bond motifs is 6. The van der Waals surface area contributed by atoms with E-state index < -0.39 is 0 Å². The van der Waals surface area contributed by atoms with Crippen LogP contribution in [-0.4, -0.2) is 21.5 Å². The Morgan fingerprint density at radius 3 is 1.69 bits per heavy atom. The molecule has 3 aromatic heterocycles. The lowest BCUT2D eigenvalue weighted by Crippen LogP contribution is -2.09. The van der Waals surface area contributed by atoms with E-state index >= 15 is 0 Å². The lowest BCUT2D eigenvalue weighted by Gasteiger charge is -2.14. The van der Waals surface area contributed by atoms with Gasteiger partial charge in [0.25, 0.3) is 0 Å². The largest absolute Gasteiger partial charge is 0.387 e. The van der Waals surface area contributed by atoms with Crippen LogP contribution in [0.4, 0.5) is 0 Å². The van der Waals surface area contributed by atoms with Crippen molar-refractivity contribution in [3.8, 4) is 33.8 Å². The molecule has 0 aliphatic carbocycles. The summed E-state index contributed by atoms with van der Waals surface area (Å²) in [7, 11) is 0. The molecule has 0 radical (unpaired) electrons. The molecule has 0 amide bonds. The number of hydrogen-bond acceptors (Lipinski definition) is 4. The molecule has 0 atom stereocenters. The second-order valence-corrected chi connectivity index (χ2v) is 10.5. The molecule has 42 heavy (non-hydrogen) atoms. The van der Waals surface area contributed by atoms with E-state index in [9.17, 15) is 0 Å². The van der Waals surface area contributed by atoms with E-state index in [1.54, 1.807) is 6.20 Å². The summed E-state index contributed by atoms with van der Waals surface area (Å²) in [6.45, 7) is 0.852. The Balaban J connectivity index is 1.27. The third-order valence-electron chi connectivity index (χ3n) is 7.97. The fourth-order valence-corrected chi connectivity index (χ4v) is 5.93. The number of allylic oxidation sites excluding steroid dienone is 2. The van der Waals surface area contributed by atoms with Gasteiger partial charge in [0.15, 0.2) is 0 Å². The molecule has 1 aliphatic heterocycles. The molecule has 0 unspecified atom stereocenters. The Hall–Kier alpha value is -5.61. The monoisotopic (exact) mass is 538 g/mol. The first-order chi connectivity index (χ1) is 20.8. The molecule has 0 spiro atoms. The second kappa shape index (κ2) is 10.1. The zero-order valence-electron chi connectivity index (χ0n) is 22.8. The predicted molar refractivity (Wildman–Crippen MR) is 174 cm³/mol. The van der Waals surface area contributed by atoms with Crippen molar-refractivity contribution >= 4 is 37.9 Å². The number of dihydropyridines is 1. The third-order valence-corrected chi connectivity index (χ3v) is 7.97. The smallest absolute Gasteiger partial charge is 0.0725 e. The maximum Gasteiger partial charge on any atom is 0.0725 e. The van der Waals surface area contributed by atoms with Crippen molar-refractivity contribution in [1.82, 2.24) is 20.3 Å². The first-order valence-corrected chi connectivity index (χ1v) is 14.2. The zero-order valence-corrected chi connectivity index (χ0v) is 22.8. The number of hydrogen-bond donors (Lipinski definition) is 1. The fourth-order valence-electron chi connectivity index (χ4n) is 5.93. The Morgan fingerprint density at radius 2 is 1.10 bits per heavy atom. The maximum atomic E-state index is 5.02. The van der Waals surface area contributed by atoms with E-state index in [0.717, 1.165) is 51.6 Å². The van der Waals surface area contributed by atoms with E-state index in [4.69, 9.17) is 9.97 Å². The van der Waals surface area contributed by atoms with Crippen LogP contribution >= 0.6 is 0 Å². The summed E-state index contributed by atoms with van der Waals surface area (Å²) in [5.74, 6) is 0. The minimum Gasteiger partial charge on any atom is -0.387 e. The molecule has 7 aromatic rings. The van der Waals surface area contributed by atoms with Gasteiger partial charge in [0, 0.05) is 47.4 Å². The summed E-state index contributed by atoms with van der Waals surface area (Å²) in [6.07, 6.45) is 9.92. The lowest BCUT2D eigenvalue weighted by atomic mass is 9.91. The number of nitrogens with one attached hydrogen (secondary N) is 1. The van der Waals surface area contributed by atoms with Crippen molar-refractivity contribution in [1.29, 1.82) is 0 Å². The summed E-state index contributed by atoms with van der Waals surface area (Å²) in [5.41, 5.74) is 8.10.